The SMILES string of the molecule is COc1cccc(OCCN2CCN(C(=O)[C@@H]3[C@H](C(=O)O)C3(C)C)CC2)c1. The summed E-state index contributed by atoms with van der Waals surface area (Å²) in [6.07, 6.45) is 0. The smallest absolute Gasteiger partial charge is 0.307 e. The van der Waals surface area contributed by atoms with Crippen molar-refractivity contribution in [2.75, 3.05) is 46.4 Å². The first-order valence-electron chi connectivity index (χ1n) is 9.35. The van der Waals surface area contributed by atoms with E-state index in [1.165, 1.54) is 0 Å². The molecular formula is C20H28N2O5. The second kappa shape index (κ2) is 7.76. The zero-order valence-electron chi connectivity index (χ0n) is 16.2. The molecule has 1 saturated heterocycles. The summed E-state index contributed by atoms with van der Waals surface area (Å²) in [5, 5.41) is 9.27. The molecule has 1 aromatic rings. The van der Waals surface area contributed by atoms with Gasteiger partial charge in [0.1, 0.15) is 18.1 Å². The molecule has 2 atom stereocenters. The molecule has 148 valence electrons. The number of carbonyl (C=O) groups is 2. The number of carboxylic acids is 1. The average molecular weight is 376 g/mol. The van der Waals surface area contributed by atoms with Crippen molar-refractivity contribution in [2.24, 2.45) is 17.3 Å². The molecule has 0 radical (unpaired) electrons. The number of amides is 1. The Labute approximate surface area is 159 Å². The van der Waals surface area contributed by atoms with E-state index in [2.05, 4.69) is 4.90 Å². The fraction of sp³-hybridized carbons (Fsp3) is 0.600. The number of carboxylic acid groups (broad SMARTS) is 1. The maximum absolute atomic E-state index is 12.7. The molecule has 1 aliphatic carbocycles. The number of aliphatic carboxylic acids is 1. The largest absolute Gasteiger partial charge is 0.497 e. The van der Waals surface area contributed by atoms with Crippen LogP contribution in [-0.4, -0.2) is 73.2 Å². The van der Waals surface area contributed by atoms with Gasteiger partial charge in [-0.05, 0) is 17.5 Å². The van der Waals surface area contributed by atoms with E-state index in [4.69, 9.17) is 9.47 Å². The molecule has 1 saturated carbocycles. The second-order valence-electron chi connectivity index (χ2n) is 7.81. The lowest BCUT2D eigenvalue weighted by atomic mass is 10.1. The lowest BCUT2D eigenvalue weighted by Gasteiger charge is -2.35. The molecule has 2 fully saturated rings. The highest BCUT2D eigenvalue weighted by molar-refractivity contribution is 5.91. The van der Waals surface area contributed by atoms with Gasteiger partial charge in [0, 0.05) is 38.8 Å². The summed E-state index contributed by atoms with van der Waals surface area (Å²) < 4.78 is 11.0. The summed E-state index contributed by atoms with van der Waals surface area (Å²) in [6.45, 7) is 7.90. The lowest BCUT2D eigenvalue weighted by Crippen LogP contribution is -2.50. The number of piperazine rings is 1. The van der Waals surface area contributed by atoms with Gasteiger partial charge in [0.25, 0.3) is 0 Å². The number of hydrogen-bond donors (Lipinski definition) is 1. The predicted octanol–water partition coefficient (Wildman–Crippen LogP) is 1.57. The Morgan fingerprint density at radius 2 is 1.81 bits per heavy atom. The van der Waals surface area contributed by atoms with Crippen LogP contribution >= 0.6 is 0 Å². The van der Waals surface area contributed by atoms with Gasteiger partial charge >= 0.3 is 5.97 Å². The number of ether oxygens (including phenoxy) is 2. The van der Waals surface area contributed by atoms with E-state index in [-0.39, 0.29) is 5.91 Å². The van der Waals surface area contributed by atoms with Gasteiger partial charge in [-0.3, -0.25) is 14.5 Å². The van der Waals surface area contributed by atoms with E-state index in [9.17, 15) is 14.7 Å². The third-order valence-electron chi connectivity index (χ3n) is 5.76. The third kappa shape index (κ3) is 4.18. The molecule has 1 aromatic carbocycles. The summed E-state index contributed by atoms with van der Waals surface area (Å²) in [4.78, 5) is 28.0. The molecule has 0 spiro atoms. The highest BCUT2D eigenvalue weighted by Crippen LogP contribution is 2.59. The van der Waals surface area contributed by atoms with Crippen LogP contribution in [0.15, 0.2) is 24.3 Å². The van der Waals surface area contributed by atoms with Gasteiger partial charge in [-0.2, -0.15) is 0 Å². The van der Waals surface area contributed by atoms with Crippen molar-refractivity contribution >= 4 is 11.9 Å². The van der Waals surface area contributed by atoms with Crippen LogP contribution in [-0.2, 0) is 9.59 Å². The standard InChI is InChI=1S/C20H28N2O5/c1-20(2)16(17(20)19(24)25)18(23)22-9-7-21(8-10-22)11-12-27-15-6-4-5-14(13-15)26-3/h4-6,13,16-17H,7-12H2,1-3H3,(H,24,25)/t16-,17+/m0/s1. The van der Waals surface area contributed by atoms with Crippen LogP contribution in [0.1, 0.15) is 13.8 Å². The molecule has 2 aliphatic rings. The van der Waals surface area contributed by atoms with Crippen LogP contribution in [0.25, 0.3) is 0 Å². The molecule has 1 N–H and O–H groups in total. The van der Waals surface area contributed by atoms with Gasteiger partial charge in [0.15, 0.2) is 0 Å². The van der Waals surface area contributed by atoms with E-state index in [1.807, 2.05) is 43.0 Å². The Morgan fingerprint density at radius 3 is 2.41 bits per heavy atom. The molecule has 0 unspecified atom stereocenters. The van der Waals surface area contributed by atoms with Gasteiger partial charge in [-0.25, -0.2) is 0 Å². The number of benzene rings is 1. The number of carbonyl (C=O) groups excluding carboxylic acids is 1. The molecular weight excluding hydrogens is 348 g/mol. The molecule has 7 nitrogen and oxygen atoms in total. The summed E-state index contributed by atoms with van der Waals surface area (Å²) >= 11 is 0. The number of hydrogen-bond acceptors (Lipinski definition) is 5. The molecule has 7 heteroatoms. The van der Waals surface area contributed by atoms with Gasteiger partial charge in [-0.15, -0.1) is 0 Å². The fourth-order valence-electron chi connectivity index (χ4n) is 3.93. The molecule has 1 heterocycles. The van der Waals surface area contributed by atoms with Crippen molar-refractivity contribution in [1.29, 1.82) is 0 Å². The van der Waals surface area contributed by atoms with Gasteiger partial charge < -0.3 is 19.5 Å². The third-order valence-corrected chi connectivity index (χ3v) is 5.76. The summed E-state index contributed by atoms with van der Waals surface area (Å²) in [5.74, 6) is -0.287. The fourth-order valence-corrected chi connectivity index (χ4v) is 3.93. The minimum atomic E-state index is -0.869. The molecule has 1 aliphatic heterocycles. The topological polar surface area (TPSA) is 79.3 Å². The van der Waals surface area contributed by atoms with Crippen LogP contribution in [0.2, 0.25) is 0 Å². The molecule has 0 bridgehead atoms. The van der Waals surface area contributed by atoms with E-state index >= 15 is 0 Å². The Hall–Kier alpha value is -2.28. The zero-order valence-corrected chi connectivity index (χ0v) is 16.2. The van der Waals surface area contributed by atoms with Gasteiger partial charge in [0.05, 0.1) is 18.9 Å². The van der Waals surface area contributed by atoms with E-state index in [1.54, 1.807) is 7.11 Å². The minimum Gasteiger partial charge on any atom is -0.497 e. The first-order valence-corrected chi connectivity index (χ1v) is 9.35. The molecule has 0 aromatic heterocycles. The first-order chi connectivity index (χ1) is 12.8. The lowest BCUT2D eigenvalue weighted by molar-refractivity contribution is -0.142. The van der Waals surface area contributed by atoms with Crippen molar-refractivity contribution in [2.45, 2.75) is 13.8 Å². The number of nitrogens with zero attached hydrogens (tertiary/aromatic N) is 2. The maximum atomic E-state index is 12.7. The van der Waals surface area contributed by atoms with Gasteiger partial charge in [0.2, 0.25) is 5.91 Å². The zero-order chi connectivity index (χ0) is 19.6. The van der Waals surface area contributed by atoms with E-state index in [0.717, 1.165) is 31.1 Å². The molecule has 27 heavy (non-hydrogen) atoms. The number of rotatable bonds is 7. The van der Waals surface area contributed by atoms with Crippen LogP contribution in [0.3, 0.4) is 0 Å². The molecule has 3 rings (SSSR count). The minimum absolute atomic E-state index is 0.0142. The number of methoxy groups -OCH3 is 1. The van der Waals surface area contributed by atoms with Crippen molar-refractivity contribution < 1.29 is 24.2 Å². The summed E-state index contributed by atoms with van der Waals surface area (Å²) in [7, 11) is 1.63. The predicted molar refractivity (Wildman–Crippen MR) is 99.9 cm³/mol. The monoisotopic (exact) mass is 376 g/mol. The highest BCUT2D eigenvalue weighted by Gasteiger charge is 2.66. The van der Waals surface area contributed by atoms with Crippen molar-refractivity contribution in [3.05, 3.63) is 24.3 Å². The van der Waals surface area contributed by atoms with Crippen LogP contribution in [0.5, 0.6) is 11.5 Å². The quantitative estimate of drug-likeness (QED) is 0.778. The van der Waals surface area contributed by atoms with Crippen LogP contribution in [0.4, 0.5) is 0 Å². The Kier molecular flexibility index (Phi) is 5.60. The average Bonchev–Trinajstić information content (AvgIpc) is 3.24. The first kappa shape index (κ1) is 19.5. The summed E-state index contributed by atoms with van der Waals surface area (Å²) in [6, 6.07) is 7.52. The molecule has 1 amide bonds. The van der Waals surface area contributed by atoms with Crippen molar-refractivity contribution in [3.63, 3.8) is 0 Å². The Balaban J connectivity index is 1.41. The summed E-state index contributed by atoms with van der Waals surface area (Å²) in [5.41, 5.74) is -0.440. The van der Waals surface area contributed by atoms with Crippen molar-refractivity contribution in [3.8, 4) is 11.5 Å². The van der Waals surface area contributed by atoms with Gasteiger partial charge in [-0.1, -0.05) is 19.9 Å². The van der Waals surface area contributed by atoms with E-state index in [0.29, 0.717) is 19.7 Å². The Bertz CT molecular complexity index is 697. The van der Waals surface area contributed by atoms with E-state index < -0.39 is 23.2 Å². The highest BCUT2D eigenvalue weighted by atomic mass is 16.5. The Morgan fingerprint density at radius 1 is 1.15 bits per heavy atom. The van der Waals surface area contributed by atoms with Crippen molar-refractivity contribution in [1.82, 2.24) is 9.80 Å². The normalized spacial score (nSPS) is 24.3. The maximum Gasteiger partial charge on any atom is 0.307 e. The van der Waals surface area contributed by atoms with Crippen LogP contribution in [0, 0.1) is 17.3 Å². The van der Waals surface area contributed by atoms with Crippen LogP contribution < -0.4 is 9.47 Å². The second-order valence-corrected chi connectivity index (χ2v) is 7.81.